The minimum absolute atomic E-state index is 0.00997. The number of imidazole rings is 1. The summed E-state index contributed by atoms with van der Waals surface area (Å²) >= 11 is 0. The number of carbonyl (C=O) groups is 2. The lowest BCUT2D eigenvalue weighted by molar-refractivity contribution is -0.220. The number of carbonyl (C=O) groups excluding carboxylic acids is 2. The third-order valence-corrected chi connectivity index (χ3v) is 9.45. The molecule has 0 unspecified atom stereocenters. The molecule has 52 heavy (non-hydrogen) atoms. The molecule has 286 valence electrons. The zero-order valence-electron chi connectivity index (χ0n) is 27.3. The summed E-state index contributed by atoms with van der Waals surface area (Å²) in [5, 5.41) is 7.25. The molecule has 5 rings (SSSR count). The minimum atomic E-state index is -4.93. The van der Waals surface area contributed by atoms with Gasteiger partial charge >= 0.3 is 18.5 Å². The first-order chi connectivity index (χ1) is 24.2. The van der Waals surface area contributed by atoms with Crippen molar-refractivity contribution in [1.29, 1.82) is 0 Å². The molecule has 0 atom stereocenters. The van der Waals surface area contributed by atoms with E-state index in [1.54, 1.807) is 0 Å². The van der Waals surface area contributed by atoms with Gasteiger partial charge in [-0.25, -0.2) is 13.8 Å². The second kappa shape index (κ2) is 14.6. The number of fused-ring (bicyclic) bond motifs is 1. The van der Waals surface area contributed by atoms with Crippen molar-refractivity contribution in [3.63, 3.8) is 0 Å². The maximum absolute atomic E-state index is 14.1. The van der Waals surface area contributed by atoms with Crippen molar-refractivity contribution >= 4 is 34.6 Å². The van der Waals surface area contributed by atoms with Crippen LogP contribution in [0.2, 0.25) is 0 Å². The Kier molecular flexibility index (Phi) is 10.9. The first kappa shape index (κ1) is 38.8. The van der Waals surface area contributed by atoms with E-state index in [9.17, 15) is 57.9 Å². The van der Waals surface area contributed by atoms with Gasteiger partial charge < -0.3 is 20.7 Å². The highest BCUT2D eigenvalue weighted by Gasteiger charge is 2.60. The predicted octanol–water partition coefficient (Wildman–Crippen LogP) is 7.96. The Morgan fingerprint density at radius 3 is 2.19 bits per heavy atom. The number of anilines is 2. The quantitative estimate of drug-likeness (QED) is 0.181. The number of alkyl halides is 11. The van der Waals surface area contributed by atoms with Crippen molar-refractivity contribution in [3.05, 3.63) is 41.0 Å². The van der Waals surface area contributed by atoms with Crippen LogP contribution in [0, 0.1) is 11.3 Å². The van der Waals surface area contributed by atoms with E-state index in [0.717, 1.165) is 22.8 Å². The van der Waals surface area contributed by atoms with Gasteiger partial charge in [0, 0.05) is 19.6 Å². The summed E-state index contributed by atoms with van der Waals surface area (Å²) in [5.41, 5.74) is -5.02. The summed E-state index contributed by atoms with van der Waals surface area (Å²) < 4.78 is 155. The van der Waals surface area contributed by atoms with Crippen LogP contribution in [0.15, 0.2) is 24.3 Å². The van der Waals surface area contributed by atoms with Gasteiger partial charge in [0.1, 0.15) is 16.5 Å². The number of aryl methyl sites for hydroxylation is 1. The van der Waals surface area contributed by atoms with Gasteiger partial charge in [0.15, 0.2) is 12.3 Å². The van der Waals surface area contributed by atoms with Crippen LogP contribution >= 0.6 is 0 Å². The van der Waals surface area contributed by atoms with E-state index >= 15 is 0 Å². The van der Waals surface area contributed by atoms with Crippen LogP contribution in [-0.4, -0.2) is 57.8 Å². The predicted molar refractivity (Wildman–Crippen MR) is 163 cm³/mol. The zero-order chi connectivity index (χ0) is 38.2. The number of hydrogen-bond acceptors (Lipinski definition) is 6. The summed E-state index contributed by atoms with van der Waals surface area (Å²) in [4.78, 5) is 34.3. The standard InChI is InChI=1S/C32H33F11N6O3/c1-49-24-22(13-19(26(48-24)52-15-23(33)34)25(50)45-18-7-5-17(6-8-18)30(35,36)37)47-28(49)46-21-12-16(4-9-20(21)31(38,39)40)14-44-27(51)29(32(41,42)43)10-2-3-11-29/h4,9,12-13,17-18,23H,2-3,5-8,10-11,14-15H2,1H3,(H,44,51)(H,45,50)(H,46,47)/t17-,18+. The van der Waals surface area contributed by atoms with Gasteiger partial charge in [-0.3, -0.25) is 14.2 Å². The van der Waals surface area contributed by atoms with Gasteiger partial charge in [0.2, 0.25) is 17.7 Å². The molecule has 0 radical (unpaired) electrons. The van der Waals surface area contributed by atoms with Gasteiger partial charge in [0.25, 0.3) is 12.3 Å². The molecule has 3 N–H and O–H groups in total. The largest absolute Gasteiger partial charge is 0.471 e. The Labute approximate surface area is 288 Å². The monoisotopic (exact) mass is 758 g/mol. The Balaban J connectivity index is 1.41. The van der Waals surface area contributed by atoms with Crippen molar-refractivity contribution in [2.45, 2.75) is 88.9 Å². The molecule has 2 fully saturated rings. The Hall–Kier alpha value is -4.39. The molecule has 2 aliphatic carbocycles. The number of halogens is 11. The molecule has 2 aromatic heterocycles. The number of nitrogens with one attached hydrogen (secondary N) is 3. The van der Waals surface area contributed by atoms with Gasteiger partial charge in [-0.05, 0) is 62.3 Å². The number of benzene rings is 1. The number of ether oxygens (including phenoxy) is 1. The van der Waals surface area contributed by atoms with Crippen LogP contribution in [0.5, 0.6) is 5.88 Å². The van der Waals surface area contributed by atoms with Crippen LogP contribution in [0.4, 0.5) is 59.9 Å². The molecule has 2 saturated carbocycles. The SMILES string of the molecule is Cn1c(Nc2cc(CNC(=O)C3(C(F)(F)F)CCCC3)ccc2C(F)(F)F)nc2cc(C(=O)N[C@H]3CC[C@@H](C(F)(F)F)CC3)c(OCC(F)F)nc21. The number of aromatic nitrogens is 3. The molecule has 2 amide bonds. The summed E-state index contributed by atoms with van der Waals surface area (Å²) in [5.74, 6) is -4.60. The lowest BCUT2D eigenvalue weighted by Gasteiger charge is -2.30. The van der Waals surface area contributed by atoms with E-state index in [2.05, 4.69) is 25.9 Å². The minimum Gasteiger partial charge on any atom is -0.471 e. The maximum atomic E-state index is 14.1. The lowest BCUT2D eigenvalue weighted by Crippen LogP contribution is -2.48. The highest BCUT2D eigenvalue weighted by molar-refractivity contribution is 5.99. The summed E-state index contributed by atoms with van der Waals surface area (Å²) in [6, 6.07) is 3.03. The summed E-state index contributed by atoms with van der Waals surface area (Å²) in [7, 11) is 1.30. The molecule has 0 aliphatic heterocycles. The van der Waals surface area contributed by atoms with Crippen LogP contribution in [0.3, 0.4) is 0 Å². The van der Waals surface area contributed by atoms with Crippen LogP contribution in [-0.2, 0) is 24.6 Å². The fourth-order valence-electron chi connectivity index (χ4n) is 6.59. The molecular weight excluding hydrogens is 725 g/mol. The van der Waals surface area contributed by atoms with E-state index in [1.165, 1.54) is 7.05 Å². The normalized spacial score (nSPS) is 19.6. The molecule has 20 heteroatoms. The van der Waals surface area contributed by atoms with Gasteiger partial charge in [-0.2, -0.15) is 44.5 Å². The van der Waals surface area contributed by atoms with Crippen molar-refractivity contribution in [3.8, 4) is 5.88 Å². The van der Waals surface area contributed by atoms with Gasteiger partial charge in [0.05, 0.1) is 17.2 Å². The first-order valence-electron chi connectivity index (χ1n) is 16.2. The topological polar surface area (TPSA) is 110 Å². The molecule has 2 heterocycles. The van der Waals surface area contributed by atoms with Crippen LogP contribution in [0.25, 0.3) is 11.2 Å². The van der Waals surface area contributed by atoms with E-state index in [0.29, 0.717) is 6.07 Å². The highest BCUT2D eigenvalue weighted by atomic mass is 19.4. The number of nitrogens with zero attached hydrogens (tertiary/aromatic N) is 3. The number of hydrogen-bond donors (Lipinski definition) is 3. The second-order valence-electron chi connectivity index (χ2n) is 12.9. The van der Waals surface area contributed by atoms with Crippen molar-refractivity contribution < 1.29 is 62.6 Å². The average molecular weight is 759 g/mol. The summed E-state index contributed by atoms with van der Waals surface area (Å²) in [6.07, 6.45) is -18.1. The van der Waals surface area contributed by atoms with Gasteiger partial charge in [-0.15, -0.1) is 0 Å². The van der Waals surface area contributed by atoms with Crippen molar-refractivity contribution in [1.82, 2.24) is 25.2 Å². The molecule has 0 spiro atoms. The van der Waals surface area contributed by atoms with E-state index in [-0.39, 0.29) is 61.2 Å². The second-order valence-corrected chi connectivity index (χ2v) is 12.9. The number of rotatable bonds is 10. The fourth-order valence-corrected chi connectivity index (χ4v) is 6.59. The van der Waals surface area contributed by atoms with Crippen molar-refractivity contribution in [2.24, 2.45) is 18.4 Å². The Morgan fingerprint density at radius 2 is 1.62 bits per heavy atom. The Bertz CT molecular complexity index is 1770. The molecule has 9 nitrogen and oxygen atoms in total. The third kappa shape index (κ3) is 8.29. The Morgan fingerprint density at radius 1 is 0.962 bits per heavy atom. The third-order valence-electron chi connectivity index (χ3n) is 9.45. The zero-order valence-corrected chi connectivity index (χ0v) is 27.3. The molecule has 3 aromatic rings. The lowest BCUT2D eigenvalue weighted by atomic mass is 9.84. The van der Waals surface area contributed by atoms with E-state index in [4.69, 9.17) is 4.74 Å². The molecule has 0 saturated heterocycles. The highest BCUT2D eigenvalue weighted by Crippen LogP contribution is 2.50. The van der Waals surface area contributed by atoms with Gasteiger partial charge in [-0.1, -0.05) is 18.9 Å². The summed E-state index contributed by atoms with van der Waals surface area (Å²) in [6.45, 7) is -1.73. The van der Waals surface area contributed by atoms with Crippen LogP contribution < -0.4 is 20.7 Å². The molecule has 0 bridgehead atoms. The maximum Gasteiger partial charge on any atom is 0.418 e. The van der Waals surface area contributed by atoms with Crippen molar-refractivity contribution in [2.75, 3.05) is 11.9 Å². The van der Waals surface area contributed by atoms with E-state index < -0.39 is 103 Å². The fraction of sp³-hybridized carbons (Fsp3) is 0.562. The average Bonchev–Trinajstić information content (AvgIpc) is 3.67. The molecular formula is C32H33F11N6O3. The van der Waals surface area contributed by atoms with Crippen LogP contribution in [0.1, 0.15) is 72.9 Å². The first-order valence-corrected chi connectivity index (χ1v) is 16.2. The molecule has 2 aliphatic rings. The number of amides is 2. The van der Waals surface area contributed by atoms with E-state index in [1.807, 2.05) is 0 Å². The number of pyridine rings is 1. The smallest absolute Gasteiger partial charge is 0.418 e. The molecule has 1 aromatic carbocycles.